The van der Waals surface area contributed by atoms with Crippen LogP contribution in [0.1, 0.15) is 16.8 Å². The van der Waals surface area contributed by atoms with Gasteiger partial charge in [0.15, 0.2) is 0 Å². The van der Waals surface area contributed by atoms with Gasteiger partial charge in [0.1, 0.15) is 5.82 Å². The zero-order valence-electron chi connectivity index (χ0n) is 16.7. The highest BCUT2D eigenvalue weighted by molar-refractivity contribution is 9.10. The maximum atomic E-state index is 13.5. The minimum Gasteiger partial charge on any atom is -0.369 e. The Balaban J connectivity index is 1.54. The molecule has 0 fully saturated rings. The number of sulfonamides is 1. The summed E-state index contributed by atoms with van der Waals surface area (Å²) in [4.78, 5) is 6.33. The third kappa shape index (κ3) is 4.01. The van der Waals surface area contributed by atoms with Gasteiger partial charge in [-0.3, -0.25) is 0 Å². The second-order valence-corrected chi connectivity index (χ2v) is 10.3. The summed E-state index contributed by atoms with van der Waals surface area (Å²) in [5.74, 6) is -0.224. The van der Waals surface area contributed by atoms with Crippen LogP contribution in [0.4, 0.5) is 10.1 Å². The number of hydrogen-bond donors (Lipinski definition) is 0. The van der Waals surface area contributed by atoms with Crippen molar-refractivity contribution in [2.45, 2.75) is 31.5 Å². The van der Waals surface area contributed by atoms with E-state index in [4.69, 9.17) is 0 Å². The molecule has 2 aromatic carbocycles. The monoisotopic (exact) mass is 492 g/mol. The van der Waals surface area contributed by atoms with Gasteiger partial charge in [0, 0.05) is 37.4 Å². The highest BCUT2D eigenvalue weighted by Gasteiger charge is 2.29. The Morgan fingerprint density at radius 1 is 1.20 bits per heavy atom. The molecular weight excluding hydrogens is 471 g/mol. The lowest BCUT2D eigenvalue weighted by Crippen LogP contribution is -2.37. The molecule has 1 aliphatic rings. The molecule has 3 aromatic rings. The van der Waals surface area contributed by atoms with Crippen LogP contribution in [0, 0.1) is 12.7 Å². The van der Waals surface area contributed by atoms with Crippen LogP contribution < -0.4 is 4.90 Å². The molecule has 6 nitrogen and oxygen atoms in total. The van der Waals surface area contributed by atoms with Crippen LogP contribution in [0.15, 0.2) is 58.3 Å². The van der Waals surface area contributed by atoms with Gasteiger partial charge in [0.2, 0.25) is 10.0 Å². The van der Waals surface area contributed by atoms with E-state index in [-0.39, 0.29) is 10.7 Å². The van der Waals surface area contributed by atoms with Crippen molar-refractivity contribution < 1.29 is 12.8 Å². The Morgan fingerprint density at radius 2 is 2.00 bits per heavy atom. The summed E-state index contributed by atoms with van der Waals surface area (Å²) >= 11 is 3.52. The Bertz CT molecular complexity index is 1200. The standard InChI is InChI=1S/C21H22BrFN4O2S/c1-15-9-16(3-5-20(15)23)12-25(2)21-6-4-18(10-19(21)22)30(28,29)27-8-7-26-14-24-11-17(26)13-27/h3-6,9-11,14H,7-8,12-13H2,1-2H3. The molecule has 0 N–H and O–H groups in total. The number of halogens is 2. The summed E-state index contributed by atoms with van der Waals surface area (Å²) in [6.07, 6.45) is 3.43. The summed E-state index contributed by atoms with van der Waals surface area (Å²) in [7, 11) is -1.70. The highest BCUT2D eigenvalue weighted by atomic mass is 79.9. The van der Waals surface area contributed by atoms with Gasteiger partial charge in [0.25, 0.3) is 0 Å². The van der Waals surface area contributed by atoms with E-state index in [0.717, 1.165) is 16.9 Å². The minimum atomic E-state index is -3.61. The van der Waals surface area contributed by atoms with Crippen molar-refractivity contribution in [1.82, 2.24) is 13.9 Å². The maximum absolute atomic E-state index is 13.5. The SMILES string of the molecule is Cc1cc(CN(C)c2ccc(S(=O)(=O)N3CCn4cncc4C3)cc2Br)ccc1F. The topological polar surface area (TPSA) is 58.4 Å². The number of rotatable bonds is 5. The average molecular weight is 493 g/mol. The highest BCUT2D eigenvalue weighted by Crippen LogP contribution is 2.31. The molecule has 0 saturated carbocycles. The van der Waals surface area contributed by atoms with Gasteiger partial charge in [-0.2, -0.15) is 4.31 Å². The van der Waals surface area contributed by atoms with Crippen molar-refractivity contribution >= 4 is 31.6 Å². The molecule has 158 valence electrons. The van der Waals surface area contributed by atoms with Crippen molar-refractivity contribution in [2.24, 2.45) is 0 Å². The first kappa shape index (κ1) is 21.0. The number of benzene rings is 2. The summed E-state index contributed by atoms with van der Waals surface area (Å²) in [5, 5.41) is 0. The van der Waals surface area contributed by atoms with Gasteiger partial charge >= 0.3 is 0 Å². The molecule has 0 saturated heterocycles. The fraction of sp³-hybridized carbons (Fsp3) is 0.286. The summed E-state index contributed by atoms with van der Waals surface area (Å²) in [6, 6.07) is 10.1. The minimum absolute atomic E-state index is 0.224. The molecule has 1 aromatic heterocycles. The molecule has 0 atom stereocenters. The number of nitrogens with zero attached hydrogens (tertiary/aromatic N) is 4. The van der Waals surface area contributed by atoms with Gasteiger partial charge in [-0.25, -0.2) is 17.8 Å². The molecule has 9 heteroatoms. The van der Waals surface area contributed by atoms with E-state index < -0.39 is 10.0 Å². The normalized spacial score (nSPS) is 14.5. The van der Waals surface area contributed by atoms with Crippen LogP contribution in [-0.4, -0.2) is 35.9 Å². The van der Waals surface area contributed by atoms with Gasteiger partial charge in [-0.1, -0.05) is 12.1 Å². The molecule has 0 aliphatic carbocycles. The lowest BCUT2D eigenvalue weighted by molar-refractivity contribution is 0.341. The number of fused-ring (bicyclic) bond motifs is 1. The van der Waals surface area contributed by atoms with E-state index in [1.807, 2.05) is 22.6 Å². The molecule has 0 radical (unpaired) electrons. The number of hydrogen-bond acceptors (Lipinski definition) is 4. The largest absolute Gasteiger partial charge is 0.369 e. The molecule has 0 unspecified atom stereocenters. The molecular formula is C21H22BrFN4O2S. The number of aromatic nitrogens is 2. The molecule has 0 spiro atoms. The van der Waals surface area contributed by atoms with Crippen molar-refractivity contribution in [3.8, 4) is 0 Å². The lowest BCUT2D eigenvalue weighted by atomic mass is 10.1. The Hall–Kier alpha value is -2.23. The van der Waals surface area contributed by atoms with Crippen LogP contribution in [0.5, 0.6) is 0 Å². The first-order chi connectivity index (χ1) is 14.3. The molecule has 2 heterocycles. The van der Waals surface area contributed by atoms with E-state index in [1.54, 1.807) is 43.7 Å². The first-order valence-corrected chi connectivity index (χ1v) is 11.7. The third-order valence-corrected chi connectivity index (χ3v) is 7.81. The van der Waals surface area contributed by atoms with Crippen LogP contribution in [0.25, 0.3) is 0 Å². The van der Waals surface area contributed by atoms with Crippen LogP contribution in [0.3, 0.4) is 0 Å². The quantitative estimate of drug-likeness (QED) is 0.541. The van der Waals surface area contributed by atoms with Crippen LogP contribution in [0.2, 0.25) is 0 Å². The maximum Gasteiger partial charge on any atom is 0.243 e. The van der Waals surface area contributed by atoms with Gasteiger partial charge in [-0.05, 0) is 58.2 Å². The van der Waals surface area contributed by atoms with Crippen molar-refractivity contribution in [3.63, 3.8) is 0 Å². The van der Waals surface area contributed by atoms with E-state index in [1.165, 1.54) is 10.4 Å². The predicted molar refractivity (Wildman–Crippen MR) is 117 cm³/mol. The Kier molecular flexibility index (Phi) is 5.69. The van der Waals surface area contributed by atoms with Crippen molar-refractivity contribution in [3.05, 3.63) is 76.0 Å². The van der Waals surface area contributed by atoms with Crippen molar-refractivity contribution in [2.75, 3.05) is 18.5 Å². The third-order valence-electron chi connectivity index (χ3n) is 5.34. The number of aryl methyl sites for hydroxylation is 1. The smallest absolute Gasteiger partial charge is 0.243 e. The van der Waals surface area contributed by atoms with Crippen molar-refractivity contribution in [1.29, 1.82) is 0 Å². The molecule has 30 heavy (non-hydrogen) atoms. The number of anilines is 1. The summed E-state index contributed by atoms with van der Waals surface area (Å²) in [5.41, 5.74) is 3.32. The fourth-order valence-electron chi connectivity index (χ4n) is 3.64. The van der Waals surface area contributed by atoms with Gasteiger partial charge < -0.3 is 9.47 Å². The second kappa shape index (κ2) is 8.13. The fourth-order valence-corrected chi connectivity index (χ4v) is 5.90. The lowest BCUT2D eigenvalue weighted by Gasteiger charge is -2.28. The second-order valence-electron chi connectivity index (χ2n) is 7.47. The average Bonchev–Trinajstić information content (AvgIpc) is 3.18. The molecule has 0 amide bonds. The first-order valence-electron chi connectivity index (χ1n) is 9.50. The van der Waals surface area contributed by atoms with Gasteiger partial charge in [-0.15, -0.1) is 0 Å². The van der Waals surface area contributed by atoms with E-state index >= 15 is 0 Å². The van der Waals surface area contributed by atoms with E-state index in [0.29, 0.717) is 36.2 Å². The molecule has 0 bridgehead atoms. The zero-order chi connectivity index (χ0) is 21.5. The predicted octanol–water partition coefficient (Wildman–Crippen LogP) is 3.93. The Morgan fingerprint density at radius 3 is 2.73 bits per heavy atom. The summed E-state index contributed by atoms with van der Waals surface area (Å²) < 4.78 is 43.9. The zero-order valence-corrected chi connectivity index (χ0v) is 19.1. The van der Waals surface area contributed by atoms with E-state index in [2.05, 4.69) is 20.9 Å². The molecule has 4 rings (SSSR count). The Labute approximate surface area is 184 Å². The van der Waals surface area contributed by atoms with Crippen LogP contribution in [-0.2, 0) is 29.7 Å². The van der Waals surface area contributed by atoms with E-state index in [9.17, 15) is 12.8 Å². The van der Waals surface area contributed by atoms with Gasteiger partial charge in [0.05, 0.1) is 29.1 Å². The number of imidazole rings is 1. The van der Waals surface area contributed by atoms with Crippen LogP contribution >= 0.6 is 15.9 Å². The summed E-state index contributed by atoms with van der Waals surface area (Å²) in [6.45, 7) is 3.62. The molecule has 1 aliphatic heterocycles.